The number of nitrogens with two attached hydrogens (primary N) is 1. The summed E-state index contributed by atoms with van der Waals surface area (Å²) in [5.74, 6) is -0.0155. The highest BCUT2D eigenvalue weighted by molar-refractivity contribution is 5.73. The summed E-state index contributed by atoms with van der Waals surface area (Å²) in [4.78, 5) is 10.9. The van der Waals surface area contributed by atoms with E-state index in [1.807, 2.05) is 18.2 Å². The average Bonchev–Trinajstić information content (AvgIpc) is 2.44. The molecule has 3 heteroatoms. The number of carbonyl (C=O) groups is 1. The van der Waals surface area contributed by atoms with Gasteiger partial charge in [0.15, 0.2) is 0 Å². The number of rotatable bonds is 1. The van der Waals surface area contributed by atoms with Gasteiger partial charge in [0.1, 0.15) is 0 Å². The average molecular weight is 190 g/mol. The van der Waals surface area contributed by atoms with Crippen molar-refractivity contribution in [3.8, 4) is 0 Å². The fraction of sp³-hybridized carbons (Fsp3) is 0.364. The molecule has 0 spiro atoms. The zero-order valence-electron chi connectivity index (χ0n) is 8.16. The van der Waals surface area contributed by atoms with Crippen LogP contribution in [0, 0.1) is 0 Å². The maximum atomic E-state index is 10.9. The lowest BCUT2D eigenvalue weighted by Gasteiger charge is -2.16. The van der Waals surface area contributed by atoms with Crippen LogP contribution in [0.25, 0.3) is 0 Å². The molecule has 74 valence electrons. The van der Waals surface area contributed by atoms with Crippen molar-refractivity contribution in [3.63, 3.8) is 0 Å². The summed E-state index contributed by atoms with van der Waals surface area (Å²) < 4.78 is 0. The fourth-order valence-corrected chi connectivity index (χ4v) is 2.03. The van der Waals surface area contributed by atoms with Crippen molar-refractivity contribution in [2.75, 3.05) is 0 Å². The molecular weight excluding hydrogens is 176 g/mol. The van der Waals surface area contributed by atoms with Crippen LogP contribution >= 0.6 is 0 Å². The van der Waals surface area contributed by atoms with Gasteiger partial charge in [0.2, 0.25) is 5.91 Å². The smallest absolute Gasteiger partial charge is 0.217 e. The maximum Gasteiger partial charge on any atom is 0.217 e. The molecule has 1 aromatic carbocycles. The van der Waals surface area contributed by atoms with Gasteiger partial charge in [-0.3, -0.25) is 4.79 Å². The molecule has 0 radical (unpaired) electrons. The van der Waals surface area contributed by atoms with Crippen LogP contribution in [0.15, 0.2) is 24.3 Å². The van der Waals surface area contributed by atoms with Gasteiger partial charge in [0.25, 0.3) is 0 Å². The minimum Gasteiger partial charge on any atom is -0.351 e. The second kappa shape index (κ2) is 3.42. The first-order valence-electron chi connectivity index (χ1n) is 4.79. The summed E-state index contributed by atoms with van der Waals surface area (Å²) in [6.45, 7) is 1.52. The van der Waals surface area contributed by atoms with E-state index in [2.05, 4.69) is 11.4 Å². The second-order valence-electron chi connectivity index (χ2n) is 3.74. The molecule has 3 nitrogen and oxygen atoms in total. The van der Waals surface area contributed by atoms with Gasteiger partial charge in [-0.2, -0.15) is 0 Å². The number of hydrogen-bond acceptors (Lipinski definition) is 2. The topological polar surface area (TPSA) is 55.1 Å². The molecule has 1 aliphatic rings. The highest BCUT2D eigenvalue weighted by atomic mass is 16.1. The summed E-state index contributed by atoms with van der Waals surface area (Å²) >= 11 is 0. The summed E-state index contributed by atoms with van der Waals surface area (Å²) in [5.41, 5.74) is 8.43. The Morgan fingerprint density at radius 1 is 1.50 bits per heavy atom. The van der Waals surface area contributed by atoms with E-state index in [1.165, 1.54) is 12.5 Å². The zero-order valence-corrected chi connectivity index (χ0v) is 8.16. The molecule has 3 N–H and O–H groups in total. The van der Waals surface area contributed by atoms with E-state index in [4.69, 9.17) is 5.73 Å². The minimum atomic E-state index is -0.0601. The Kier molecular flexibility index (Phi) is 2.25. The van der Waals surface area contributed by atoms with E-state index in [0.29, 0.717) is 0 Å². The van der Waals surface area contributed by atoms with E-state index >= 15 is 0 Å². The summed E-state index contributed by atoms with van der Waals surface area (Å²) in [5, 5.41) is 2.87. The Bertz CT molecular complexity index is 362. The molecule has 0 aromatic heterocycles. The molecule has 0 heterocycles. The first-order chi connectivity index (χ1) is 6.68. The molecule has 0 fully saturated rings. The van der Waals surface area contributed by atoms with Crippen LogP contribution in [0.3, 0.4) is 0 Å². The van der Waals surface area contributed by atoms with Gasteiger partial charge in [-0.05, 0) is 17.5 Å². The van der Waals surface area contributed by atoms with Gasteiger partial charge in [-0.15, -0.1) is 0 Å². The van der Waals surface area contributed by atoms with E-state index in [1.54, 1.807) is 0 Å². The van der Waals surface area contributed by atoms with Crippen LogP contribution in [-0.4, -0.2) is 11.9 Å². The van der Waals surface area contributed by atoms with Crippen LogP contribution < -0.4 is 11.1 Å². The SMILES string of the molecule is CC(=O)NC1Cc2ccccc2C1N. The predicted molar refractivity (Wildman–Crippen MR) is 54.7 cm³/mol. The van der Waals surface area contributed by atoms with E-state index in [0.717, 1.165) is 12.0 Å². The molecule has 2 atom stereocenters. The van der Waals surface area contributed by atoms with Gasteiger partial charge in [-0.25, -0.2) is 0 Å². The largest absolute Gasteiger partial charge is 0.351 e. The molecule has 14 heavy (non-hydrogen) atoms. The third-order valence-electron chi connectivity index (χ3n) is 2.68. The molecule has 2 unspecified atom stereocenters. The van der Waals surface area contributed by atoms with Crippen molar-refractivity contribution in [2.24, 2.45) is 5.73 Å². The standard InChI is InChI=1S/C11H14N2O/c1-7(14)13-10-6-8-4-2-3-5-9(8)11(10)12/h2-5,10-11H,6,12H2,1H3,(H,13,14). The van der Waals surface area contributed by atoms with Crippen molar-refractivity contribution in [1.82, 2.24) is 5.32 Å². The molecule has 1 aromatic rings. The number of hydrogen-bond donors (Lipinski definition) is 2. The van der Waals surface area contributed by atoms with E-state index < -0.39 is 0 Å². The molecule has 1 aliphatic carbocycles. The van der Waals surface area contributed by atoms with Gasteiger partial charge < -0.3 is 11.1 Å². The molecule has 0 aliphatic heterocycles. The Labute approximate surface area is 83.3 Å². The van der Waals surface area contributed by atoms with Crippen molar-refractivity contribution < 1.29 is 4.79 Å². The van der Waals surface area contributed by atoms with E-state index in [9.17, 15) is 4.79 Å². The first-order valence-corrected chi connectivity index (χ1v) is 4.79. The van der Waals surface area contributed by atoms with Crippen LogP contribution in [0.2, 0.25) is 0 Å². The van der Waals surface area contributed by atoms with Crippen molar-refractivity contribution in [3.05, 3.63) is 35.4 Å². The van der Waals surface area contributed by atoms with Gasteiger partial charge >= 0.3 is 0 Å². The number of amides is 1. The molecule has 0 saturated heterocycles. The molecule has 0 bridgehead atoms. The van der Waals surface area contributed by atoms with Crippen molar-refractivity contribution in [1.29, 1.82) is 0 Å². The Morgan fingerprint density at radius 2 is 2.21 bits per heavy atom. The van der Waals surface area contributed by atoms with Crippen LogP contribution in [0.1, 0.15) is 24.1 Å². The van der Waals surface area contributed by atoms with E-state index in [-0.39, 0.29) is 18.0 Å². The van der Waals surface area contributed by atoms with Crippen molar-refractivity contribution >= 4 is 5.91 Å². The fourth-order valence-electron chi connectivity index (χ4n) is 2.03. The quantitative estimate of drug-likeness (QED) is 0.686. The third-order valence-corrected chi connectivity index (χ3v) is 2.68. The summed E-state index contributed by atoms with van der Waals surface area (Å²) in [6.07, 6.45) is 0.844. The maximum absolute atomic E-state index is 10.9. The third kappa shape index (κ3) is 1.51. The predicted octanol–water partition coefficient (Wildman–Crippen LogP) is 0.747. The number of fused-ring (bicyclic) bond motifs is 1. The lowest BCUT2D eigenvalue weighted by Crippen LogP contribution is -2.39. The first kappa shape index (κ1) is 9.21. The summed E-state index contributed by atoms with van der Waals surface area (Å²) in [7, 11) is 0. The Hall–Kier alpha value is -1.35. The Morgan fingerprint density at radius 3 is 2.86 bits per heavy atom. The molecular formula is C11H14N2O. The van der Waals surface area contributed by atoms with Crippen LogP contribution in [0.4, 0.5) is 0 Å². The molecule has 2 rings (SSSR count). The number of nitrogens with one attached hydrogen (secondary N) is 1. The highest BCUT2D eigenvalue weighted by Crippen LogP contribution is 2.28. The minimum absolute atomic E-state index is 0.0155. The van der Waals surface area contributed by atoms with Crippen LogP contribution in [-0.2, 0) is 11.2 Å². The molecule has 0 saturated carbocycles. The monoisotopic (exact) mass is 190 g/mol. The number of carbonyl (C=O) groups excluding carboxylic acids is 1. The molecule has 1 amide bonds. The normalized spacial score (nSPS) is 24.4. The van der Waals surface area contributed by atoms with Crippen molar-refractivity contribution in [2.45, 2.75) is 25.4 Å². The van der Waals surface area contributed by atoms with Crippen LogP contribution in [0.5, 0.6) is 0 Å². The number of benzene rings is 1. The highest BCUT2D eigenvalue weighted by Gasteiger charge is 2.29. The lowest BCUT2D eigenvalue weighted by atomic mass is 10.1. The lowest BCUT2D eigenvalue weighted by molar-refractivity contribution is -0.119. The Balaban J connectivity index is 2.21. The van der Waals surface area contributed by atoms with Gasteiger partial charge in [0, 0.05) is 6.92 Å². The van der Waals surface area contributed by atoms with Gasteiger partial charge in [-0.1, -0.05) is 24.3 Å². The van der Waals surface area contributed by atoms with Gasteiger partial charge in [0.05, 0.1) is 12.1 Å². The second-order valence-corrected chi connectivity index (χ2v) is 3.74. The zero-order chi connectivity index (χ0) is 10.1. The summed E-state index contributed by atoms with van der Waals surface area (Å²) in [6, 6.07) is 8.08.